The number of halogens is 2. The summed E-state index contributed by atoms with van der Waals surface area (Å²) in [4.78, 5) is 50.9. The minimum atomic E-state index is -0.603. The van der Waals surface area contributed by atoms with Gasteiger partial charge in [-0.2, -0.15) is 0 Å². The molecule has 3 rings (SSSR count). The fraction of sp³-hybridized carbons (Fsp3) is 0.407. The van der Waals surface area contributed by atoms with E-state index in [-0.39, 0.29) is 51.1 Å². The van der Waals surface area contributed by atoms with E-state index in [1.165, 1.54) is 13.0 Å². The quantitative estimate of drug-likeness (QED) is 0.136. The number of nitrogens with zero attached hydrogens (tertiary/aromatic N) is 3. The van der Waals surface area contributed by atoms with Crippen LogP contribution in [-0.4, -0.2) is 50.7 Å². The summed E-state index contributed by atoms with van der Waals surface area (Å²) in [6.07, 6.45) is 0. The molecule has 2 aromatic heterocycles. The van der Waals surface area contributed by atoms with Gasteiger partial charge in [0.1, 0.15) is 5.00 Å². The molecule has 41 heavy (non-hydrogen) atoms. The van der Waals surface area contributed by atoms with E-state index in [2.05, 4.69) is 20.8 Å². The lowest BCUT2D eigenvalue weighted by Gasteiger charge is -2.22. The second-order valence-corrected chi connectivity index (χ2v) is 12.1. The monoisotopic (exact) mass is 639 g/mol. The summed E-state index contributed by atoms with van der Waals surface area (Å²) < 4.78 is 6.96. The van der Waals surface area contributed by atoms with E-state index in [0.717, 1.165) is 23.1 Å². The van der Waals surface area contributed by atoms with Gasteiger partial charge in [-0.15, -0.1) is 21.5 Å². The first-order chi connectivity index (χ1) is 19.4. The van der Waals surface area contributed by atoms with Crippen LogP contribution in [0.4, 0.5) is 5.00 Å². The highest BCUT2D eigenvalue weighted by atomic mass is 35.5. The van der Waals surface area contributed by atoms with Crippen LogP contribution in [-0.2, 0) is 16.1 Å². The number of nitrogens with one attached hydrogen (secondary N) is 2. The number of hydrogen-bond donors (Lipinski definition) is 2. The molecule has 0 radical (unpaired) electrons. The Labute approximate surface area is 256 Å². The lowest BCUT2D eigenvalue weighted by atomic mass is 10.0. The molecule has 0 saturated carbocycles. The molecule has 0 unspecified atom stereocenters. The Morgan fingerprint density at radius 1 is 1.15 bits per heavy atom. The van der Waals surface area contributed by atoms with Gasteiger partial charge in [-0.3, -0.25) is 14.4 Å². The van der Waals surface area contributed by atoms with Crippen LogP contribution in [0.3, 0.4) is 0 Å². The Balaban J connectivity index is 1.78. The first-order valence-corrected chi connectivity index (χ1v) is 15.4. The topological polar surface area (TPSA) is 132 Å². The van der Waals surface area contributed by atoms with Crippen LogP contribution in [0.2, 0.25) is 10.0 Å². The van der Waals surface area contributed by atoms with Crippen molar-refractivity contribution in [3.05, 3.63) is 55.6 Å². The van der Waals surface area contributed by atoms with Crippen molar-refractivity contribution in [2.75, 3.05) is 17.7 Å². The largest absolute Gasteiger partial charge is 0.462 e. The number of anilines is 1. The SMILES string of the molecule is CCOC(=O)c1c(NC(=O)CSc2nnc([C@H](NC(=O)c3ccc(Cl)cc3Cl)C(C)C)n2CC)sc(C(C)=O)c1C. The standard InChI is InChI=1S/C27H31Cl2N5O5S2/c1-7-34-23(21(13(3)4)31-24(37)17-10-9-16(28)11-18(17)29)32-33-27(34)40-12-19(36)30-25-20(26(38)39-8-2)14(5)22(41-25)15(6)35/h9-11,13,21H,7-8,12H2,1-6H3,(H,30,36)(H,31,37)/t21-/m1/s1. The van der Waals surface area contributed by atoms with Crippen molar-refractivity contribution in [1.29, 1.82) is 0 Å². The van der Waals surface area contributed by atoms with E-state index >= 15 is 0 Å². The molecule has 10 nitrogen and oxygen atoms in total. The Hall–Kier alpha value is -2.93. The van der Waals surface area contributed by atoms with Gasteiger partial charge < -0.3 is 19.9 Å². The van der Waals surface area contributed by atoms with E-state index in [1.807, 2.05) is 25.3 Å². The van der Waals surface area contributed by atoms with E-state index in [4.69, 9.17) is 27.9 Å². The average molecular weight is 641 g/mol. The summed E-state index contributed by atoms with van der Waals surface area (Å²) in [5.41, 5.74) is 0.936. The van der Waals surface area contributed by atoms with Crippen LogP contribution in [0.5, 0.6) is 0 Å². The number of ketones is 1. The van der Waals surface area contributed by atoms with Gasteiger partial charge in [0.25, 0.3) is 5.91 Å². The van der Waals surface area contributed by atoms with E-state index in [9.17, 15) is 19.2 Å². The Kier molecular flexibility index (Phi) is 11.4. The Morgan fingerprint density at radius 3 is 2.44 bits per heavy atom. The van der Waals surface area contributed by atoms with E-state index in [1.54, 1.807) is 26.0 Å². The molecule has 0 aliphatic rings. The summed E-state index contributed by atoms with van der Waals surface area (Å²) in [5, 5.41) is 15.8. The summed E-state index contributed by atoms with van der Waals surface area (Å²) in [6.45, 7) is 11.2. The highest BCUT2D eigenvalue weighted by Crippen LogP contribution is 2.34. The number of carbonyl (C=O) groups is 4. The number of benzene rings is 1. The van der Waals surface area contributed by atoms with Gasteiger partial charge in [0.15, 0.2) is 16.8 Å². The smallest absolute Gasteiger partial charge is 0.341 e. The number of rotatable bonds is 12. The molecular formula is C27H31Cl2N5O5S2. The number of esters is 1. The van der Waals surface area contributed by atoms with Gasteiger partial charge in [-0.25, -0.2) is 4.79 Å². The fourth-order valence-corrected chi connectivity index (χ4v) is 6.45. The molecule has 0 bridgehead atoms. The van der Waals surface area contributed by atoms with Crippen molar-refractivity contribution in [2.45, 2.75) is 59.3 Å². The molecule has 0 fully saturated rings. The van der Waals surface area contributed by atoms with Crippen LogP contribution in [0, 0.1) is 12.8 Å². The third kappa shape index (κ3) is 7.68. The normalized spacial score (nSPS) is 11.8. The number of hydrogen-bond acceptors (Lipinski definition) is 9. The lowest BCUT2D eigenvalue weighted by molar-refractivity contribution is -0.113. The molecule has 1 atom stereocenters. The first kappa shape index (κ1) is 32.6. The summed E-state index contributed by atoms with van der Waals surface area (Å²) >= 11 is 14.4. The molecule has 2 heterocycles. The number of thioether (sulfide) groups is 1. The minimum Gasteiger partial charge on any atom is -0.462 e. The van der Waals surface area contributed by atoms with Crippen LogP contribution in [0.25, 0.3) is 0 Å². The van der Waals surface area contributed by atoms with Gasteiger partial charge in [0.2, 0.25) is 5.91 Å². The molecule has 2 N–H and O–H groups in total. The summed E-state index contributed by atoms with van der Waals surface area (Å²) in [7, 11) is 0. The maximum absolute atomic E-state index is 13.0. The fourth-order valence-electron chi connectivity index (χ4n) is 4.04. The minimum absolute atomic E-state index is 0.0359. The maximum atomic E-state index is 13.0. The number of ether oxygens (including phenoxy) is 1. The number of thiophene rings is 1. The summed E-state index contributed by atoms with van der Waals surface area (Å²) in [5.74, 6) is -1.12. The number of carbonyl (C=O) groups excluding carboxylic acids is 4. The molecule has 0 aliphatic carbocycles. The van der Waals surface area contributed by atoms with Crippen molar-refractivity contribution in [3.8, 4) is 0 Å². The third-order valence-corrected chi connectivity index (χ3v) is 8.82. The first-order valence-electron chi connectivity index (χ1n) is 12.8. The Bertz CT molecular complexity index is 1470. The highest BCUT2D eigenvalue weighted by Gasteiger charge is 2.28. The number of amides is 2. The average Bonchev–Trinajstić information content (AvgIpc) is 3.45. The molecule has 0 spiro atoms. The molecule has 3 aromatic rings. The van der Waals surface area contributed by atoms with Gasteiger partial charge in [0.05, 0.1) is 39.4 Å². The van der Waals surface area contributed by atoms with Gasteiger partial charge >= 0.3 is 5.97 Å². The van der Waals surface area contributed by atoms with Gasteiger partial charge in [-0.1, -0.05) is 48.8 Å². The second-order valence-electron chi connectivity index (χ2n) is 9.28. The van der Waals surface area contributed by atoms with Crippen molar-refractivity contribution in [1.82, 2.24) is 20.1 Å². The second kappa shape index (κ2) is 14.3. The van der Waals surface area contributed by atoms with Crippen LogP contribution >= 0.6 is 46.3 Å². The molecule has 14 heteroatoms. The molecule has 0 saturated heterocycles. The van der Waals surface area contributed by atoms with Crippen LogP contribution in [0.1, 0.15) is 82.4 Å². The van der Waals surface area contributed by atoms with Gasteiger partial charge in [-0.05, 0) is 57.4 Å². The van der Waals surface area contributed by atoms with Crippen molar-refractivity contribution in [2.24, 2.45) is 5.92 Å². The summed E-state index contributed by atoms with van der Waals surface area (Å²) in [6, 6.07) is 4.17. The predicted octanol–water partition coefficient (Wildman–Crippen LogP) is 6.21. The molecular weight excluding hydrogens is 609 g/mol. The van der Waals surface area contributed by atoms with Crippen molar-refractivity contribution >= 4 is 74.9 Å². The molecule has 1 aromatic carbocycles. The molecule has 0 aliphatic heterocycles. The van der Waals surface area contributed by atoms with E-state index in [0.29, 0.717) is 33.0 Å². The van der Waals surface area contributed by atoms with E-state index < -0.39 is 17.9 Å². The lowest BCUT2D eigenvalue weighted by Crippen LogP contribution is -2.34. The maximum Gasteiger partial charge on any atom is 0.341 e. The Morgan fingerprint density at radius 2 is 1.85 bits per heavy atom. The number of aromatic nitrogens is 3. The zero-order chi connectivity index (χ0) is 30.4. The zero-order valence-corrected chi connectivity index (χ0v) is 26.6. The highest BCUT2D eigenvalue weighted by molar-refractivity contribution is 7.99. The third-order valence-electron chi connectivity index (χ3n) is 6.00. The molecule has 2 amide bonds. The van der Waals surface area contributed by atoms with Crippen molar-refractivity contribution < 1.29 is 23.9 Å². The predicted molar refractivity (Wildman–Crippen MR) is 162 cm³/mol. The number of Topliss-reactive ketones (excluding diaryl/α,β-unsaturated/α-hetero) is 1. The van der Waals surface area contributed by atoms with Crippen molar-refractivity contribution in [3.63, 3.8) is 0 Å². The zero-order valence-electron chi connectivity index (χ0n) is 23.5. The molecule has 220 valence electrons. The van der Waals surface area contributed by atoms with Gasteiger partial charge in [0, 0.05) is 11.6 Å². The van der Waals surface area contributed by atoms with Crippen LogP contribution < -0.4 is 10.6 Å². The van der Waals surface area contributed by atoms with Crippen LogP contribution in [0.15, 0.2) is 23.4 Å².